The molecule has 0 saturated carbocycles. The van der Waals surface area contributed by atoms with E-state index in [1.54, 1.807) is 13.2 Å². The van der Waals surface area contributed by atoms with Crippen molar-refractivity contribution in [3.8, 4) is 5.75 Å². The third-order valence-corrected chi connectivity index (χ3v) is 3.47. The van der Waals surface area contributed by atoms with Gasteiger partial charge in [0.25, 0.3) is 5.69 Å². The minimum absolute atomic E-state index is 0.0144. The van der Waals surface area contributed by atoms with Crippen molar-refractivity contribution in [1.82, 2.24) is 4.90 Å². The van der Waals surface area contributed by atoms with Gasteiger partial charge in [0.15, 0.2) is 0 Å². The Kier molecular flexibility index (Phi) is 5.11. The molecule has 116 valence electrons. The summed E-state index contributed by atoms with van der Waals surface area (Å²) in [5.41, 5.74) is 0.809. The second kappa shape index (κ2) is 6.84. The van der Waals surface area contributed by atoms with Gasteiger partial charge in [0.1, 0.15) is 5.75 Å². The highest BCUT2D eigenvalue weighted by Gasteiger charge is 2.25. The highest BCUT2D eigenvalue weighted by atomic mass is 16.6. The smallest absolute Gasteiger partial charge is 0.270 e. The number of hydrogen-bond acceptors (Lipinski definition) is 6. The molecule has 2 unspecified atom stereocenters. The molecule has 2 atom stereocenters. The number of methoxy groups -OCH3 is 1. The first kappa shape index (κ1) is 15.7. The van der Waals surface area contributed by atoms with Gasteiger partial charge in [-0.05, 0) is 13.0 Å². The van der Waals surface area contributed by atoms with Crippen molar-refractivity contribution in [3.63, 3.8) is 0 Å². The zero-order valence-electron chi connectivity index (χ0n) is 12.2. The Bertz CT molecular complexity index is 508. The number of nitro groups is 1. The molecule has 2 rings (SSSR count). The third-order valence-electron chi connectivity index (χ3n) is 3.47. The van der Waals surface area contributed by atoms with Crippen LogP contribution in [0, 0.1) is 10.1 Å². The Balaban J connectivity index is 2.17. The van der Waals surface area contributed by atoms with Gasteiger partial charge in [-0.2, -0.15) is 0 Å². The summed E-state index contributed by atoms with van der Waals surface area (Å²) in [5.74, 6) is 0.625. The van der Waals surface area contributed by atoms with Gasteiger partial charge in [-0.25, -0.2) is 0 Å². The molecule has 1 fully saturated rings. The fourth-order valence-corrected chi connectivity index (χ4v) is 2.61. The number of aliphatic hydroxyl groups is 1. The Morgan fingerprint density at radius 2 is 2.29 bits per heavy atom. The van der Waals surface area contributed by atoms with Crippen LogP contribution in [0.5, 0.6) is 5.75 Å². The standard InChI is InChI=1S/C14H20N2O5/c1-10-6-15(8-13(9-17)21-10)7-11-5-12(16(18)19)3-4-14(11)20-2/h3-5,10,13,17H,6-9H2,1-2H3. The van der Waals surface area contributed by atoms with Crippen molar-refractivity contribution in [2.45, 2.75) is 25.7 Å². The van der Waals surface area contributed by atoms with E-state index in [9.17, 15) is 15.2 Å². The minimum atomic E-state index is -0.415. The quantitative estimate of drug-likeness (QED) is 0.649. The van der Waals surface area contributed by atoms with Crippen molar-refractivity contribution in [2.24, 2.45) is 0 Å². The molecule has 0 aromatic heterocycles. The highest BCUT2D eigenvalue weighted by molar-refractivity contribution is 5.43. The average molecular weight is 296 g/mol. The van der Waals surface area contributed by atoms with E-state index < -0.39 is 4.92 Å². The lowest BCUT2D eigenvalue weighted by Crippen LogP contribution is -2.47. The van der Waals surface area contributed by atoms with Gasteiger partial charge in [0.2, 0.25) is 0 Å². The predicted molar refractivity (Wildman–Crippen MR) is 76.3 cm³/mol. The van der Waals surface area contributed by atoms with Crippen molar-refractivity contribution >= 4 is 5.69 Å². The molecule has 1 saturated heterocycles. The lowest BCUT2D eigenvalue weighted by atomic mass is 10.1. The molecule has 21 heavy (non-hydrogen) atoms. The first-order valence-electron chi connectivity index (χ1n) is 6.83. The second-order valence-corrected chi connectivity index (χ2v) is 5.20. The van der Waals surface area contributed by atoms with Crippen LogP contribution in [0.2, 0.25) is 0 Å². The van der Waals surface area contributed by atoms with Crippen molar-refractivity contribution in [2.75, 3.05) is 26.8 Å². The largest absolute Gasteiger partial charge is 0.496 e. The van der Waals surface area contributed by atoms with Crippen molar-refractivity contribution < 1.29 is 19.5 Å². The first-order chi connectivity index (χ1) is 10.0. The first-order valence-corrected chi connectivity index (χ1v) is 6.83. The molecule has 1 aromatic carbocycles. The van der Waals surface area contributed by atoms with Gasteiger partial charge >= 0.3 is 0 Å². The lowest BCUT2D eigenvalue weighted by molar-refractivity contribution is -0.385. The highest BCUT2D eigenvalue weighted by Crippen LogP contribution is 2.26. The maximum Gasteiger partial charge on any atom is 0.270 e. The van der Waals surface area contributed by atoms with Crippen LogP contribution in [0.4, 0.5) is 5.69 Å². The molecule has 0 amide bonds. The lowest BCUT2D eigenvalue weighted by Gasteiger charge is -2.36. The van der Waals surface area contributed by atoms with Gasteiger partial charge in [-0.3, -0.25) is 15.0 Å². The van der Waals surface area contributed by atoms with Crippen LogP contribution in [0.3, 0.4) is 0 Å². The summed E-state index contributed by atoms with van der Waals surface area (Å²) in [6.07, 6.45) is -0.209. The fourth-order valence-electron chi connectivity index (χ4n) is 2.61. The number of rotatable bonds is 5. The number of nitrogens with zero attached hydrogens (tertiary/aromatic N) is 2. The number of morpholine rings is 1. The van der Waals surface area contributed by atoms with E-state index in [0.717, 1.165) is 5.56 Å². The van der Waals surface area contributed by atoms with Crippen LogP contribution in [0.15, 0.2) is 18.2 Å². The molecule has 1 N–H and O–H groups in total. The number of ether oxygens (including phenoxy) is 2. The fraction of sp³-hybridized carbons (Fsp3) is 0.571. The molecule has 1 aromatic rings. The molecule has 1 heterocycles. The van der Waals surface area contributed by atoms with E-state index in [4.69, 9.17) is 9.47 Å². The number of hydrogen-bond donors (Lipinski definition) is 1. The summed E-state index contributed by atoms with van der Waals surface area (Å²) in [5, 5.41) is 20.1. The SMILES string of the molecule is COc1ccc([N+](=O)[O-])cc1CN1CC(C)OC(CO)C1. The monoisotopic (exact) mass is 296 g/mol. The second-order valence-electron chi connectivity index (χ2n) is 5.20. The van der Waals surface area contributed by atoms with E-state index >= 15 is 0 Å². The zero-order valence-corrected chi connectivity index (χ0v) is 12.2. The van der Waals surface area contributed by atoms with Crippen LogP contribution in [-0.2, 0) is 11.3 Å². The van der Waals surface area contributed by atoms with Crippen LogP contribution >= 0.6 is 0 Å². The van der Waals surface area contributed by atoms with Crippen LogP contribution in [0.1, 0.15) is 12.5 Å². The van der Waals surface area contributed by atoms with E-state index in [1.807, 2.05) is 6.92 Å². The van der Waals surface area contributed by atoms with Gasteiger partial charge in [0.05, 0.1) is 30.8 Å². The topological polar surface area (TPSA) is 85.1 Å². The summed E-state index contributed by atoms with van der Waals surface area (Å²) < 4.78 is 10.9. The van der Waals surface area contributed by atoms with Crippen molar-refractivity contribution in [1.29, 1.82) is 0 Å². The zero-order chi connectivity index (χ0) is 15.4. The van der Waals surface area contributed by atoms with Crippen LogP contribution in [0.25, 0.3) is 0 Å². The molecule has 0 radical (unpaired) electrons. The third kappa shape index (κ3) is 3.90. The normalized spacial score (nSPS) is 23.0. The summed E-state index contributed by atoms with van der Waals surface area (Å²) in [7, 11) is 1.54. The molecular formula is C14H20N2O5. The molecule has 1 aliphatic heterocycles. The average Bonchev–Trinajstić information content (AvgIpc) is 2.46. The van der Waals surface area contributed by atoms with Crippen molar-refractivity contribution in [3.05, 3.63) is 33.9 Å². The van der Waals surface area contributed by atoms with Gasteiger partial charge < -0.3 is 14.6 Å². The summed E-state index contributed by atoms with van der Waals surface area (Å²) >= 11 is 0. The van der Waals surface area contributed by atoms with Crippen LogP contribution in [-0.4, -0.2) is 53.9 Å². The van der Waals surface area contributed by atoms with Gasteiger partial charge in [-0.1, -0.05) is 0 Å². The van der Waals surface area contributed by atoms with E-state index in [1.165, 1.54) is 12.1 Å². The predicted octanol–water partition coefficient (Wildman–Crippen LogP) is 1.18. The Morgan fingerprint density at radius 3 is 2.90 bits per heavy atom. The van der Waals surface area contributed by atoms with E-state index in [2.05, 4.69) is 4.90 Å². The van der Waals surface area contributed by atoms with Crippen LogP contribution < -0.4 is 4.74 Å². The number of benzene rings is 1. The number of nitro benzene ring substituents is 1. The molecule has 7 nitrogen and oxygen atoms in total. The maximum absolute atomic E-state index is 10.9. The Hall–Kier alpha value is -1.70. The Labute approximate surface area is 123 Å². The molecule has 1 aliphatic rings. The summed E-state index contributed by atoms with van der Waals surface area (Å²) in [6, 6.07) is 4.58. The minimum Gasteiger partial charge on any atom is -0.496 e. The van der Waals surface area contributed by atoms with E-state index in [0.29, 0.717) is 25.4 Å². The number of non-ortho nitro benzene ring substituents is 1. The van der Waals surface area contributed by atoms with Gasteiger partial charge in [-0.15, -0.1) is 0 Å². The van der Waals surface area contributed by atoms with Gasteiger partial charge in [0, 0.05) is 37.3 Å². The summed E-state index contributed by atoms with van der Waals surface area (Å²) in [4.78, 5) is 12.6. The molecule has 0 bridgehead atoms. The molecule has 0 spiro atoms. The number of aliphatic hydroxyl groups excluding tert-OH is 1. The molecular weight excluding hydrogens is 276 g/mol. The Morgan fingerprint density at radius 1 is 1.52 bits per heavy atom. The molecule has 0 aliphatic carbocycles. The maximum atomic E-state index is 10.9. The van der Waals surface area contributed by atoms with E-state index in [-0.39, 0.29) is 24.5 Å². The summed E-state index contributed by atoms with van der Waals surface area (Å²) in [6.45, 7) is 3.73. The molecule has 7 heteroatoms.